The summed E-state index contributed by atoms with van der Waals surface area (Å²) in [4.78, 5) is 18.1. The first-order chi connectivity index (χ1) is 15.2. The Morgan fingerprint density at radius 3 is 2.97 bits per heavy atom. The third-order valence-corrected chi connectivity index (χ3v) is 5.60. The van der Waals surface area contributed by atoms with Crippen LogP contribution in [0, 0.1) is 6.92 Å². The van der Waals surface area contributed by atoms with Crippen molar-refractivity contribution in [2.24, 2.45) is 0 Å². The fourth-order valence-corrected chi connectivity index (χ4v) is 4.11. The number of hydrogen-bond donors (Lipinski definition) is 1. The van der Waals surface area contributed by atoms with Crippen LogP contribution in [0.5, 0.6) is 0 Å². The third-order valence-electron chi connectivity index (χ3n) is 5.60. The lowest BCUT2D eigenvalue weighted by molar-refractivity contribution is 0.110. The molecular weight excluding hydrogens is 396 g/mol. The standard InChI is InChI=1S/C21H20N8O2/c1-12-10-24-16-5-4-13(11-28(12)16)17-18(20-23-6-8-31-20)26-21(22)29-19(17)25-15(27-29)9-14-3-2-7-30-14/h4-6,8,10-11,14H,2-3,7,9H2,1H3,(H2,22,26)/t14-/m0/s1. The number of oxazole rings is 1. The Morgan fingerprint density at radius 1 is 1.23 bits per heavy atom. The van der Waals surface area contributed by atoms with E-state index < -0.39 is 0 Å². The van der Waals surface area contributed by atoms with Crippen molar-refractivity contribution in [2.75, 3.05) is 12.3 Å². The van der Waals surface area contributed by atoms with Crippen LogP contribution in [-0.2, 0) is 11.2 Å². The molecule has 0 spiro atoms. The van der Waals surface area contributed by atoms with Gasteiger partial charge in [0.15, 0.2) is 11.5 Å². The molecule has 156 valence electrons. The minimum atomic E-state index is 0.131. The summed E-state index contributed by atoms with van der Waals surface area (Å²) in [6, 6.07) is 3.94. The Labute approximate surface area is 176 Å². The first-order valence-electron chi connectivity index (χ1n) is 10.2. The number of anilines is 1. The van der Waals surface area contributed by atoms with Gasteiger partial charge in [0, 0.05) is 36.7 Å². The van der Waals surface area contributed by atoms with Crippen LogP contribution in [0.25, 0.3) is 34.0 Å². The maximum Gasteiger partial charge on any atom is 0.245 e. The third kappa shape index (κ3) is 2.95. The predicted molar refractivity (Wildman–Crippen MR) is 112 cm³/mol. The van der Waals surface area contributed by atoms with Crippen LogP contribution < -0.4 is 5.73 Å². The van der Waals surface area contributed by atoms with Gasteiger partial charge in [-0.15, -0.1) is 5.10 Å². The predicted octanol–water partition coefficient (Wildman–Crippen LogP) is 2.71. The summed E-state index contributed by atoms with van der Waals surface area (Å²) >= 11 is 0. The summed E-state index contributed by atoms with van der Waals surface area (Å²) in [6.45, 7) is 2.79. The molecule has 0 amide bonds. The van der Waals surface area contributed by atoms with Crippen LogP contribution in [0.15, 0.2) is 41.4 Å². The largest absolute Gasteiger partial charge is 0.443 e. The molecule has 1 saturated heterocycles. The molecule has 1 aliphatic rings. The fraction of sp³-hybridized carbons (Fsp3) is 0.286. The smallest absolute Gasteiger partial charge is 0.245 e. The van der Waals surface area contributed by atoms with Crippen LogP contribution in [0.4, 0.5) is 5.95 Å². The highest BCUT2D eigenvalue weighted by Gasteiger charge is 2.24. The van der Waals surface area contributed by atoms with Gasteiger partial charge in [-0.05, 0) is 31.9 Å². The van der Waals surface area contributed by atoms with Crippen molar-refractivity contribution in [3.8, 4) is 22.7 Å². The van der Waals surface area contributed by atoms with Gasteiger partial charge < -0.3 is 19.3 Å². The van der Waals surface area contributed by atoms with Crippen LogP contribution in [0.2, 0.25) is 0 Å². The molecule has 0 radical (unpaired) electrons. The van der Waals surface area contributed by atoms with Gasteiger partial charge in [0.1, 0.15) is 17.6 Å². The van der Waals surface area contributed by atoms with Gasteiger partial charge in [0.2, 0.25) is 11.8 Å². The van der Waals surface area contributed by atoms with Crippen molar-refractivity contribution >= 4 is 17.2 Å². The summed E-state index contributed by atoms with van der Waals surface area (Å²) < 4.78 is 14.9. The van der Waals surface area contributed by atoms with E-state index in [4.69, 9.17) is 19.9 Å². The summed E-state index contributed by atoms with van der Waals surface area (Å²) in [7, 11) is 0. The Morgan fingerprint density at radius 2 is 2.16 bits per heavy atom. The molecule has 5 aromatic rings. The van der Waals surface area contributed by atoms with Crippen LogP contribution in [0.3, 0.4) is 0 Å². The number of pyridine rings is 1. The second kappa shape index (κ2) is 6.88. The van der Waals surface area contributed by atoms with Crippen LogP contribution in [-0.4, -0.2) is 46.7 Å². The molecule has 5 aromatic heterocycles. The van der Waals surface area contributed by atoms with Gasteiger partial charge in [0.25, 0.3) is 0 Å². The Hall–Kier alpha value is -3.79. The van der Waals surface area contributed by atoms with E-state index in [2.05, 4.69) is 20.1 Å². The van der Waals surface area contributed by atoms with Crippen molar-refractivity contribution in [3.63, 3.8) is 0 Å². The second-order valence-electron chi connectivity index (χ2n) is 7.68. The molecule has 0 saturated carbocycles. The number of fused-ring (bicyclic) bond motifs is 2. The number of nitrogen functional groups attached to an aromatic ring is 1. The Bertz CT molecular complexity index is 1400. The molecule has 1 fully saturated rings. The monoisotopic (exact) mass is 416 g/mol. The Balaban J connectivity index is 1.60. The number of aryl methyl sites for hydroxylation is 1. The highest BCUT2D eigenvalue weighted by Crippen LogP contribution is 2.34. The molecule has 1 atom stereocenters. The lowest BCUT2D eigenvalue weighted by Gasteiger charge is -2.10. The number of nitrogens with zero attached hydrogens (tertiary/aromatic N) is 7. The molecule has 0 unspecified atom stereocenters. The van der Waals surface area contributed by atoms with E-state index >= 15 is 0 Å². The summed E-state index contributed by atoms with van der Waals surface area (Å²) in [5.74, 6) is 1.26. The number of ether oxygens (including phenoxy) is 1. The second-order valence-corrected chi connectivity index (χ2v) is 7.68. The van der Waals surface area contributed by atoms with Gasteiger partial charge in [-0.2, -0.15) is 4.52 Å². The van der Waals surface area contributed by atoms with Gasteiger partial charge >= 0.3 is 0 Å². The summed E-state index contributed by atoms with van der Waals surface area (Å²) in [6.07, 6.45) is 9.77. The molecule has 10 nitrogen and oxygen atoms in total. The van der Waals surface area contributed by atoms with E-state index in [1.54, 1.807) is 10.7 Å². The SMILES string of the molecule is Cc1cnc2ccc(-c3c(-c4ncco4)nc(N)n4nc(C[C@@H]5CCCO5)nc34)cn12. The van der Waals surface area contributed by atoms with Crippen LogP contribution >= 0.6 is 0 Å². The molecule has 2 N–H and O–H groups in total. The molecule has 0 aliphatic carbocycles. The van der Waals surface area contributed by atoms with Gasteiger partial charge in [0.05, 0.1) is 17.9 Å². The van der Waals surface area contributed by atoms with E-state index in [0.717, 1.165) is 41.9 Å². The molecule has 6 heterocycles. The lowest BCUT2D eigenvalue weighted by Crippen LogP contribution is -2.10. The van der Waals surface area contributed by atoms with E-state index in [-0.39, 0.29) is 12.1 Å². The number of nitrogens with two attached hydrogens (primary N) is 1. The topological polar surface area (TPSA) is 122 Å². The Kier molecular flexibility index (Phi) is 4.00. The summed E-state index contributed by atoms with van der Waals surface area (Å²) in [5, 5.41) is 4.62. The quantitative estimate of drug-likeness (QED) is 0.475. The molecule has 1 aliphatic heterocycles. The van der Waals surface area contributed by atoms with E-state index in [1.165, 1.54) is 6.26 Å². The highest BCUT2D eigenvalue weighted by molar-refractivity contribution is 5.88. The van der Waals surface area contributed by atoms with Crippen molar-refractivity contribution in [2.45, 2.75) is 32.3 Å². The van der Waals surface area contributed by atoms with E-state index in [9.17, 15) is 0 Å². The first kappa shape index (κ1) is 18.0. The minimum Gasteiger partial charge on any atom is -0.443 e. The van der Waals surface area contributed by atoms with Gasteiger partial charge in [-0.1, -0.05) is 0 Å². The number of imidazole rings is 1. The van der Waals surface area contributed by atoms with Crippen molar-refractivity contribution in [1.29, 1.82) is 0 Å². The number of rotatable bonds is 4. The zero-order valence-corrected chi connectivity index (χ0v) is 16.9. The molecule has 6 rings (SSSR count). The number of aromatic nitrogens is 7. The molecule has 0 aromatic carbocycles. The van der Waals surface area contributed by atoms with E-state index in [1.807, 2.05) is 35.9 Å². The average molecular weight is 416 g/mol. The van der Waals surface area contributed by atoms with Crippen molar-refractivity contribution in [3.05, 3.63) is 48.5 Å². The maximum absolute atomic E-state index is 6.26. The molecule has 0 bridgehead atoms. The van der Waals surface area contributed by atoms with Gasteiger partial charge in [-0.25, -0.2) is 19.9 Å². The first-order valence-corrected chi connectivity index (χ1v) is 10.2. The number of hydrogen-bond acceptors (Lipinski definition) is 8. The van der Waals surface area contributed by atoms with Crippen molar-refractivity contribution < 1.29 is 9.15 Å². The summed E-state index contributed by atoms with van der Waals surface area (Å²) in [5.41, 5.74) is 10.9. The highest BCUT2D eigenvalue weighted by atomic mass is 16.5. The molecule has 31 heavy (non-hydrogen) atoms. The van der Waals surface area contributed by atoms with Gasteiger partial charge in [-0.3, -0.25) is 0 Å². The zero-order valence-electron chi connectivity index (χ0n) is 16.9. The van der Waals surface area contributed by atoms with Crippen molar-refractivity contribution in [1.82, 2.24) is 34.0 Å². The normalized spacial score (nSPS) is 16.6. The fourth-order valence-electron chi connectivity index (χ4n) is 4.11. The van der Waals surface area contributed by atoms with E-state index in [0.29, 0.717) is 29.5 Å². The lowest BCUT2D eigenvalue weighted by atomic mass is 10.1. The molecule has 10 heteroatoms. The minimum absolute atomic E-state index is 0.131. The zero-order chi connectivity index (χ0) is 20.9. The maximum atomic E-state index is 6.26. The average Bonchev–Trinajstić information content (AvgIpc) is 3.56. The molecular formula is C21H20N8O2. The van der Waals surface area contributed by atoms with Crippen LogP contribution in [0.1, 0.15) is 24.4 Å².